The molecular formula is C18H15F2N3O3S2. The number of nitrogens with two attached hydrogens (primary N) is 1. The number of nitrogens with one attached hydrogen (secondary N) is 1. The number of carbonyl (C=O) groups is 1. The number of anilines is 1. The molecule has 1 aromatic heterocycles. The van der Waals surface area contributed by atoms with E-state index in [1.165, 1.54) is 24.3 Å². The number of primary sulfonamides is 1. The number of sulfonamides is 1. The zero-order valence-electron chi connectivity index (χ0n) is 14.8. The van der Waals surface area contributed by atoms with Crippen molar-refractivity contribution in [1.29, 1.82) is 0 Å². The van der Waals surface area contributed by atoms with Crippen LogP contribution in [0.15, 0.2) is 41.3 Å². The summed E-state index contributed by atoms with van der Waals surface area (Å²) >= 11 is 1.16. The van der Waals surface area contributed by atoms with Crippen LogP contribution in [0.4, 0.5) is 13.9 Å². The van der Waals surface area contributed by atoms with Gasteiger partial charge in [0.15, 0.2) is 16.8 Å². The Labute approximate surface area is 164 Å². The van der Waals surface area contributed by atoms with Crippen molar-refractivity contribution < 1.29 is 22.0 Å². The fraction of sp³-hybridized carbons (Fsp3) is 0.111. The summed E-state index contributed by atoms with van der Waals surface area (Å²) in [5.41, 5.74) is 1.47. The lowest BCUT2D eigenvalue weighted by Crippen LogP contribution is -2.17. The quantitative estimate of drug-likeness (QED) is 0.669. The summed E-state index contributed by atoms with van der Waals surface area (Å²) in [5, 5.41) is 7.95. The number of aryl methyl sites for hydroxylation is 2. The highest BCUT2D eigenvalue weighted by molar-refractivity contribution is 7.89. The number of carbonyl (C=O) groups excluding carboxylic acids is 1. The van der Waals surface area contributed by atoms with Gasteiger partial charge in [-0.05, 0) is 49.7 Å². The van der Waals surface area contributed by atoms with E-state index < -0.39 is 27.6 Å². The third-order valence-corrected chi connectivity index (χ3v) is 5.79. The van der Waals surface area contributed by atoms with Gasteiger partial charge in [0.1, 0.15) is 0 Å². The summed E-state index contributed by atoms with van der Waals surface area (Å²) in [6, 6.07) is 7.42. The third kappa shape index (κ3) is 4.08. The van der Waals surface area contributed by atoms with E-state index in [0.29, 0.717) is 21.7 Å². The number of aromatic nitrogens is 1. The average Bonchev–Trinajstić information content (AvgIpc) is 2.96. The molecule has 3 N–H and O–H groups in total. The second-order valence-electron chi connectivity index (χ2n) is 6.03. The van der Waals surface area contributed by atoms with E-state index in [1.54, 1.807) is 13.8 Å². The minimum Gasteiger partial charge on any atom is -0.298 e. The molecule has 3 aromatic rings. The van der Waals surface area contributed by atoms with E-state index in [4.69, 9.17) is 5.14 Å². The van der Waals surface area contributed by atoms with Crippen LogP contribution in [0.1, 0.15) is 20.8 Å². The van der Waals surface area contributed by atoms with E-state index in [1.807, 2.05) is 0 Å². The Morgan fingerprint density at radius 2 is 1.82 bits per heavy atom. The molecule has 6 nitrogen and oxygen atoms in total. The van der Waals surface area contributed by atoms with Crippen LogP contribution in [0, 0.1) is 25.5 Å². The molecule has 0 aliphatic heterocycles. The van der Waals surface area contributed by atoms with Gasteiger partial charge < -0.3 is 0 Å². The van der Waals surface area contributed by atoms with E-state index in [0.717, 1.165) is 23.5 Å². The number of nitrogens with zero attached hydrogens (tertiary/aromatic N) is 1. The summed E-state index contributed by atoms with van der Waals surface area (Å²) < 4.78 is 49.6. The van der Waals surface area contributed by atoms with E-state index in [-0.39, 0.29) is 15.6 Å². The molecule has 2 aromatic carbocycles. The van der Waals surface area contributed by atoms with E-state index in [2.05, 4.69) is 10.3 Å². The Kier molecular flexibility index (Phi) is 5.28. The zero-order chi connectivity index (χ0) is 20.6. The molecule has 0 bridgehead atoms. The topological polar surface area (TPSA) is 102 Å². The summed E-state index contributed by atoms with van der Waals surface area (Å²) in [4.78, 5) is 17.4. The van der Waals surface area contributed by atoms with Crippen molar-refractivity contribution in [2.75, 3.05) is 5.32 Å². The van der Waals surface area contributed by atoms with Gasteiger partial charge in [-0.3, -0.25) is 10.1 Å². The number of hydrogen-bond donors (Lipinski definition) is 2. The van der Waals surface area contributed by atoms with Gasteiger partial charge in [0.2, 0.25) is 10.0 Å². The first-order valence-corrected chi connectivity index (χ1v) is 10.3. The molecule has 0 radical (unpaired) electrons. The first-order chi connectivity index (χ1) is 13.1. The van der Waals surface area contributed by atoms with Gasteiger partial charge in [-0.2, -0.15) is 0 Å². The Bertz CT molecular complexity index is 1190. The number of halogens is 2. The summed E-state index contributed by atoms with van der Waals surface area (Å²) in [7, 11) is -3.95. The van der Waals surface area contributed by atoms with Crippen molar-refractivity contribution in [3.8, 4) is 11.3 Å². The molecule has 0 aliphatic carbocycles. The monoisotopic (exact) mass is 423 g/mol. The summed E-state index contributed by atoms with van der Waals surface area (Å²) in [6.07, 6.45) is 0. The van der Waals surface area contributed by atoms with Crippen molar-refractivity contribution in [1.82, 2.24) is 4.98 Å². The number of thiazole rings is 1. The Balaban J connectivity index is 1.91. The molecule has 10 heteroatoms. The molecule has 0 saturated carbocycles. The van der Waals surface area contributed by atoms with Crippen LogP contribution in [0.25, 0.3) is 11.3 Å². The summed E-state index contributed by atoms with van der Waals surface area (Å²) in [5.74, 6) is -2.52. The van der Waals surface area contributed by atoms with Gasteiger partial charge in [-0.1, -0.05) is 6.07 Å². The second-order valence-corrected chi connectivity index (χ2v) is 8.79. The molecular weight excluding hydrogens is 408 g/mol. The van der Waals surface area contributed by atoms with Gasteiger partial charge in [0.25, 0.3) is 5.91 Å². The Morgan fingerprint density at radius 3 is 2.46 bits per heavy atom. The molecule has 146 valence electrons. The second kappa shape index (κ2) is 7.38. The van der Waals surface area contributed by atoms with E-state index >= 15 is 0 Å². The first-order valence-electron chi connectivity index (χ1n) is 7.94. The fourth-order valence-electron chi connectivity index (χ4n) is 2.55. The van der Waals surface area contributed by atoms with Crippen molar-refractivity contribution in [2.24, 2.45) is 5.14 Å². The molecule has 0 unspecified atom stereocenters. The Hall–Kier alpha value is -2.69. The van der Waals surface area contributed by atoms with Crippen molar-refractivity contribution >= 4 is 32.4 Å². The minimum absolute atomic E-state index is 0.133. The SMILES string of the molecule is Cc1ccc(S(N)(=O)=O)cc1C(=O)Nc1nc(-c2ccc(F)c(F)c2)c(C)s1. The average molecular weight is 423 g/mol. The van der Waals surface area contributed by atoms with Gasteiger partial charge in [-0.15, -0.1) is 11.3 Å². The predicted molar refractivity (Wildman–Crippen MR) is 103 cm³/mol. The van der Waals surface area contributed by atoms with E-state index in [9.17, 15) is 22.0 Å². The minimum atomic E-state index is -3.95. The van der Waals surface area contributed by atoms with Gasteiger partial charge in [0, 0.05) is 16.0 Å². The standard InChI is InChI=1S/C18H15F2N3O3S2/c1-9-3-5-12(28(21,25)26)8-13(9)17(24)23-18-22-16(10(2)27-18)11-4-6-14(19)15(20)7-11/h3-8H,1-2H3,(H2,21,25,26)(H,22,23,24). The van der Waals surface area contributed by atoms with Crippen LogP contribution >= 0.6 is 11.3 Å². The normalized spacial score (nSPS) is 11.5. The molecule has 3 rings (SSSR count). The van der Waals surface area contributed by atoms with Gasteiger partial charge in [0.05, 0.1) is 10.6 Å². The molecule has 28 heavy (non-hydrogen) atoms. The number of hydrogen-bond acceptors (Lipinski definition) is 5. The lowest BCUT2D eigenvalue weighted by Gasteiger charge is -2.07. The maximum atomic E-state index is 13.5. The van der Waals surface area contributed by atoms with Crippen LogP contribution in [0.5, 0.6) is 0 Å². The van der Waals surface area contributed by atoms with Crippen LogP contribution in [0.2, 0.25) is 0 Å². The van der Waals surface area contributed by atoms with Crippen LogP contribution in [-0.4, -0.2) is 19.3 Å². The highest BCUT2D eigenvalue weighted by atomic mass is 32.2. The molecule has 0 spiro atoms. The zero-order valence-corrected chi connectivity index (χ0v) is 16.4. The predicted octanol–water partition coefficient (Wildman–Crippen LogP) is 3.60. The van der Waals surface area contributed by atoms with Gasteiger partial charge in [-0.25, -0.2) is 27.3 Å². The molecule has 0 fully saturated rings. The smallest absolute Gasteiger partial charge is 0.257 e. The van der Waals surface area contributed by atoms with Crippen LogP contribution < -0.4 is 10.5 Å². The molecule has 1 heterocycles. The summed E-state index contributed by atoms with van der Waals surface area (Å²) in [6.45, 7) is 3.39. The lowest BCUT2D eigenvalue weighted by atomic mass is 10.1. The number of benzene rings is 2. The largest absolute Gasteiger partial charge is 0.298 e. The molecule has 0 atom stereocenters. The van der Waals surface area contributed by atoms with Crippen LogP contribution in [0.3, 0.4) is 0 Å². The molecule has 1 amide bonds. The highest BCUT2D eigenvalue weighted by Crippen LogP contribution is 2.31. The maximum absolute atomic E-state index is 13.5. The van der Waals surface area contributed by atoms with Crippen molar-refractivity contribution in [2.45, 2.75) is 18.7 Å². The fourth-order valence-corrected chi connectivity index (χ4v) is 3.92. The highest BCUT2D eigenvalue weighted by Gasteiger charge is 2.18. The van der Waals surface area contributed by atoms with Crippen molar-refractivity contribution in [3.05, 3.63) is 64.0 Å². The maximum Gasteiger partial charge on any atom is 0.257 e. The number of rotatable bonds is 4. The van der Waals surface area contributed by atoms with Crippen molar-refractivity contribution in [3.63, 3.8) is 0 Å². The molecule has 0 aliphatic rings. The number of amides is 1. The van der Waals surface area contributed by atoms with Gasteiger partial charge >= 0.3 is 0 Å². The van der Waals surface area contributed by atoms with Crippen LogP contribution in [-0.2, 0) is 10.0 Å². The Morgan fingerprint density at radius 1 is 1.11 bits per heavy atom. The third-order valence-electron chi connectivity index (χ3n) is 3.99. The first kappa shape index (κ1) is 20.1. The molecule has 0 saturated heterocycles. The lowest BCUT2D eigenvalue weighted by molar-refractivity contribution is 0.102.